The summed E-state index contributed by atoms with van der Waals surface area (Å²) in [6, 6.07) is -0.0810. The van der Waals surface area contributed by atoms with Crippen LogP contribution in [0.15, 0.2) is 0 Å². The van der Waals surface area contributed by atoms with Crippen LogP contribution in [-0.4, -0.2) is 41.6 Å². The van der Waals surface area contributed by atoms with Gasteiger partial charge in [0.15, 0.2) is 0 Å². The summed E-state index contributed by atoms with van der Waals surface area (Å²) in [6.07, 6.45) is 5.12. The number of hydrogen-bond donors (Lipinski definition) is 2. The van der Waals surface area contributed by atoms with E-state index >= 15 is 0 Å². The molecule has 0 aromatic rings. The number of carbonyl (C=O) groups excluding carboxylic acids is 1. The molecule has 2 amide bonds. The number of carboxylic acid groups (broad SMARTS) is 1. The molecule has 2 unspecified atom stereocenters. The smallest absolute Gasteiger partial charge is 0.317 e. The van der Waals surface area contributed by atoms with Gasteiger partial charge in [-0.1, -0.05) is 6.92 Å². The summed E-state index contributed by atoms with van der Waals surface area (Å²) in [5.74, 6) is -0.331. The maximum absolute atomic E-state index is 12.1. The minimum atomic E-state index is -0.792. The van der Waals surface area contributed by atoms with Gasteiger partial charge in [-0.25, -0.2) is 4.79 Å². The van der Waals surface area contributed by atoms with Crippen molar-refractivity contribution in [1.82, 2.24) is 10.2 Å². The van der Waals surface area contributed by atoms with Crippen LogP contribution < -0.4 is 5.32 Å². The Labute approximate surface area is 113 Å². The first-order valence-corrected chi connectivity index (χ1v) is 7.27. The van der Waals surface area contributed by atoms with Crippen LogP contribution in [0.4, 0.5) is 4.79 Å². The summed E-state index contributed by atoms with van der Waals surface area (Å²) in [7, 11) is 0. The number of likely N-dealkylation sites (tertiary alicyclic amines) is 1. The third-order valence-electron chi connectivity index (χ3n) is 5.14. The van der Waals surface area contributed by atoms with E-state index < -0.39 is 11.9 Å². The molecule has 3 rings (SSSR count). The van der Waals surface area contributed by atoms with Crippen LogP contribution in [0.1, 0.15) is 32.6 Å². The molecule has 106 valence electrons. The van der Waals surface area contributed by atoms with Gasteiger partial charge >= 0.3 is 12.0 Å². The fourth-order valence-corrected chi connectivity index (χ4v) is 3.40. The van der Waals surface area contributed by atoms with E-state index in [2.05, 4.69) is 5.32 Å². The van der Waals surface area contributed by atoms with Crippen molar-refractivity contribution in [3.05, 3.63) is 0 Å². The Morgan fingerprint density at radius 1 is 1.32 bits per heavy atom. The van der Waals surface area contributed by atoms with Gasteiger partial charge in [0.1, 0.15) is 0 Å². The molecule has 3 fully saturated rings. The zero-order chi connectivity index (χ0) is 13.6. The molecule has 0 bridgehead atoms. The van der Waals surface area contributed by atoms with Gasteiger partial charge in [0.25, 0.3) is 0 Å². The summed E-state index contributed by atoms with van der Waals surface area (Å²) in [5.41, 5.74) is 0.396. The standard InChI is InChI=1S/C14H22N2O3/c1-9-6-16(7-11(9)12(17)18)13(19)15-8-14(4-5-14)10-2-3-10/h9-11H,2-8H2,1H3,(H,15,19)(H,17,18). The van der Waals surface area contributed by atoms with Crippen LogP contribution in [0.2, 0.25) is 0 Å². The first kappa shape index (κ1) is 12.8. The Morgan fingerprint density at radius 3 is 2.47 bits per heavy atom. The van der Waals surface area contributed by atoms with Crippen LogP contribution >= 0.6 is 0 Å². The maximum Gasteiger partial charge on any atom is 0.317 e. The number of carbonyl (C=O) groups is 2. The molecule has 19 heavy (non-hydrogen) atoms. The Balaban J connectivity index is 1.50. The lowest BCUT2D eigenvalue weighted by Crippen LogP contribution is -2.41. The number of nitrogens with one attached hydrogen (secondary N) is 1. The normalized spacial score (nSPS) is 32.2. The van der Waals surface area contributed by atoms with Crippen molar-refractivity contribution in [1.29, 1.82) is 0 Å². The van der Waals surface area contributed by atoms with Crippen molar-refractivity contribution < 1.29 is 14.7 Å². The fourth-order valence-electron chi connectivity index (χ4n) is 3.40. The van der Waals surface area contributed by atoms with E-state index in [0.717, 1.165) is 12.5 Å². The largest absolute Gasteiger partial charge is 0.481 e. The van der Waals surface area contributed by atoms with Gasteiger partial charge < -0.3 is 15.3 Å². The van der Waals surface area contributed by atoms with Crippen LogP contribution in [0.25, 0.3) is 0 Å². The van der Waals surface area contributed by atoms with Crippen molar-refractivity contribution in [2.24, 2.45) is 23.2 Å². The molecule has 1 aliphatic heterocycles. The van der Waals surface area contributed by atoms with Gasteiger partial charge in [0.2, 0.25) is 0 Å². The summed E-state index contributed by atoms with van der Waals surface area (Å²) < 4.78 is 0. The quantitative estimate of drug-likeness (QED) is 0.811. The number of aliphatic carboxylic acids is 1. The van der Waals surface area contributed by atoms with Crippen LogP contribution in [-0.2, 0) is 4.79 Å². The van der Waals surface area contributed by atoms with Crippen molar-refractivity contribution >= 4 is 12.0 Å². The second-order valence-electron chi connectivity index (χ2n) is 6.62. The minimum Gasteiger partial charge on any atom is -0.481 e. The van der Waals surface area contributed by atoms with E-state index in [0.29, 0.717) is 18.5 Å². The fraction of sp³-hybridized carbons (Fsp3) is 0.857. The number of hydrogen-bond acceptors (Lipinski definition) is 2. The molecule has 2 atom stereocenters. The minimum absolute atomic E-state index is 0.0431. The van der Waals surface area contributed by atoms with Gasteiger partial charge in [0.05, 0.1) is 5.92 Å². The third-order valence-corrected chi connectivity index (χ3v) is 5.14. The highest BCUT2D eigenvalue weighted by Crippen LogP contribution is 2.60. The molecule has 1 saturated heterocycles. The Morgan fingerprint density at radius 2 is 2.00 bits per heavy atom. The zero-order valence-electron chi connectivity index (χ0n) is 11.4. The second kappa shape index (κ2) is 4.39. The molecular formula is C14H22N2O3. The molecule has 5 nitrogen and oxygen atoms in total. The molecule has 0 spiro atoms. The second-order valence-corrected chi connectivity index (χ2v) is 6.62. The average Bonchev–Trinajstić information content (AvgIpc) is 3.23. The number of nitrogens with zero attached hydrogens (tertiary/aromatic N) is 1. The highest BCUT2D eigenvalue weighted by Gasteiger charge is 2.53. The van der Waals surface area contributed by atoms with E-state index in [1.54, 1.807) is 4.90 Å². The van der Waals surface area contributed by atoms with Crippen LogP contribution in [0.5, 0.6) is 0 Å². The molecule has 2 N–H and O–H groups in total. The van der Waals surface area contributed by atoms with Gasteiger partial charge in [-0.3, -0.25) is 4.79 Å². The predicted octanol–water partition coefficient (Wildman–Crippen LogP) is 1.54. The predicted molar refractivity (Wildman–Crippen MR) is 69.7 cm³/mol. The molecule has 0 aromatic heterocycles. The SMILES string of the molecule is CC1CN(C(=O)NCC2(C3CC3)CC2)CC1C(=O)O. The van der Waals surface area contributed by atoms with Crippen molar-refractivity contribution in [2.45, 2.75) is 32.6 Å². The van der Waals surface area contributed by atoms with E-state index in [1.807, 2.05) is 6.92 Å². The van der Waals surface area contributed by atoms with E-state index in [9.17, 15) is 9.59 Å². The maximum atomic E-state index is 12.1. The van der Waals surface area contributed by atoms with Gasteiger partial charge in [-0.2, -0.15) is 0 Å². The summed E-state index contributed by atoms with van der Waals surface area (Å²) in [4.78, 5) is 24.8. The molecule has 0 radical (unpaired) electrons. The van der Waals surface area contributed by atoms with Crippen LogP contribution in [0, 0.1) is 23.2 Å². The lowest BCUT2D eigenvalue weighted by atomic mass is 9.99. The summed E-state index contributed by atoms with van der Waals surface area (Å²) in [6.45, 7) is 3.58. The number of rotatable bonds is 4. The molecule has 3 aliphatic rings. The average molecular weight is 266 g/mol. The monoisotopic (exact) mass is 266 g/mol. The topological polar surface area (TPSA) is 69.6 Å². The van der Waals surface area contributed by atoms with E-state index in [-0.39, 0.29) is 11.9 Å². The van der Waals surface area contributed by atoms with Gasteiger partial charge in [-0.05, 0) is 42.9 Å². The molecule has 0 aromatic carbocycles. The Kier molecular flexibility index (Phi) is 2.95. The van der Waals surface area contributed by atoms with Crippen LogP contribution in [0.3, 0.4) is 0 Å². The van der Waals surface area contributed by atoms with E-state index in [1.165, 1.54) is 25.7 Å². The van der Waals surface area contributed by atoms with Crippen molar-refractivity contribution in [3.8, 4) is 0 Å². The summed E-state index contributed by atoms with van der Waals surface area (Å²) >= 11 is 0. The molecular weight excluding hydrogens is 244 g/mol. The van der Waals surface area contributed by atoms with Gasteiger partial charge in [-0.15, -0.1) is 0 Å². The lowest BCUT2D eigenvalue weighted by molar-refractivity contribution is -0.142. The number of urea groups is 1. The number of carboxylic acids is 1. The highest BCUT2D eigenvalue weighted by molar-refractivity contribution is 5.77. The zero-order valence-corrected chi connectivity index (χ0v) is 11.4. The van der Waals surface area contributed by atoms with Crippen molar-refractivity contribution in [2.75, 3.05) is 19.6 Å². The van der Waals surface area contributed by atoms with E-state index in [4.69, 9.17) is 5.11 Å². The number of amides is 2. The molecule has 2 aliphatic carbocycles. The molecule has 2 saturated carbocycles. The molecule has 5 heteroatoms. The Hall–Kier alpha value is -1.26. The lowest BCUT2D eigenvalue weighted by Gasteiger charge is -2.20. The first-order valence-electron chi connectivity index (χ1n) is 7.27. The third kappa shape index (κ3) is 2.42. The Bertz CT molecular complexity index is 401. The first-order chi connectivity index (χ1) is 9.02. The van der Waals surface area contributed by atoms with Gasteiger partial charge in [0, 0.05) is 19.6 Å². The highest BCUT2D eigenvalue weighted by atomic mass is 16.4. The van der Waals surface area contributed by atoms with Crippen molar-refractivity contribution in [3.63, 3.8) is 0 Å². The molecule has 1 heterocycles. The summed E-state index contributed by atoms with van der Waals surface area (Å²) in [5, 5.41) is 12.1.